The zero-order valence-electron chi connectivity index (χ0n) is 15.2. The molecule has 5 heteroatoms. The van der Waals surface area contributed by atoms with Crippen LogP contribution < -0.4 is 10.4 Å². The third-order valence-corrected chi connectivity index (χ3v) is 4.82. The van der Waals surface area contributed by atoms with Gasteiger partial charge in [0.25, 0.3) is 0 Å². The van der Waals surface area contributed by atoms with E-state index >= 15 is 0 Å². The second-order valence-corrected chi connectivity index (χ2v) is 6.92. The highest BCUT2D eigenvalue weighted by Crippen LogP contribution is 2.17. The lowest BCUT2D eigenvalue weighted by atomic mass is 10.2. The summed E-state index contributed by atoms with van der Waals surface area (Å²) in [6, 6.07) is 15.7. The summed E-state index contributed by atoms with van der Waals surface area (Å²) >= 11 is 5.89. The molecule has 0 amide bonds. The fourth-order valence-corrected chi connectivity index (χ4v) is 3.34. The van der Waals surface area contributed by atoms with E-state index in [4.69, 9.17) is 21.7 Å². The van der Waals surface area contributed by atoms with Gasteiger partial charge in [-0.3, -0.25) is 5.41 Å². The fraction of sp³-hybridized carbons (Fsp3) is 0.381. The first-order valence-corrected chi connectivity index (χ1v) is 9.69. The molecule has 0 unspecified atom stereocenters. The van der Waals surface area contributed by atoms with Crippen molar-refractivity contribution in [2.45, 2.75) is 45.7 Å². The molecule has 0 fully saturated rings. The highest BCUT2D eigenvalue weighted by molar-refractivity contribution is 6.30. The Kier molecular flexibility index (Phi) is 6.40. The van der Waals surface area contributed by atoms with Crippen LogP contribution >= 0.6 is 11.6 Å². The lowest BCUT2D eigenvalue weighted by molar-refractivity contribution is 0.301. The van der Waals surface area contributed by atoms with Crippen LogP contribution in [0.3, 0.4) is 0 Å². The summed E-state index contributed by atoms with van der Waals surface area (Å²) in [5, 5.41) is 9.31. The molecule has 0 aliphatic heterocycles. The molecule has 0 radical (unpaired) electrons. The Morgan fingerprint density at radius 3 is 2.12 bits per heavy atom. The van der Waals surface area contributed by atoms with Gasteiger partial charge in [-0.25, -0.2) is 0 Å². The third kappa shape index (κ3) is 4.31. The van der Waals surface area contributed by atoms with Gasteiger partial charge in [0.1, 0.15) is 5.75 Å². The third-order valence-electron chi connectivity index (χ3n) is 4.57. The Balaban J connectivity index is 1.68. The van der Waals surface area contributed by atoms with Crippen LogP contribution in [0.15, 0.2) is 48.5 Å². The van der Waals surface area contributed by atoms with E-state index in [9.17, 15) is 0 Å². The van der Waals surface area contributed by atoms with E-state index in [-0.39, 0.29) is 0 Å². The summed E-state index contributed by atoms with van der Waals surface area (Å²) in [6.07, 6.45) is 4.35. The number of nitrogens with zero attached hydrogens (tertiary/aromatic N) is 2. The van der Waals surface area contributed by atoms with Crippen LogP contribution in [0.2, 0.25) is 5.02 Å². The number of ether oxygens (including phenoxy) is 1. The predicted octanol–water partition coefficient (Wildman–Crippen LogP) is 5.23. The number of unbranched alkanes of at least 4 members (excludes halogenated alkanes) is 2. The Morgan fingerprint density at radius 1 is 0.885 bits per heavy atom. The first kappa shape index (κ1) is 18.6. The molecular weight excluding hydrogens is 346 g/mol. The van der Waals surface area contributed by atoms with Crippen molar-refractivity contribution in [1.29, 1.82) is 5.41 Å². The molecule has 0 bridgehead atoms. The number of aryl methyl sites for hydroxylation is 2. The first-order valence-electron chi connectivity index (χ1n) is 9.31. The molecule has 0 spiro atoms. The van der Waals surface area contributed by atoms with Gasteiger partial charge in [-0.05, 0) is 49.2 Å². The maximum atomic E-state index is 8.60. The fourth-order valence-electron chi connectivity index (χ4n) is 3.21. The summed E-state index contributed by atoms with van der Waals surface area (Å²) < 4.78 is 10.0. The van der Waals surface area contributed by atoms with Crippen molar-refractivity contribution in [3.63, 3.8) is 0 Å². The molecular formula is C21H26ClN3O. The van der Waals surface area contributed by atoms with E-state index in [0.29, 0.717) is 17.2 Å². The molecule has 4 nitrogen and oxygen atoms in total. The van der Waals surface area contributed by atoms with Crippen molar-refractivity contribution in [2.24, 2.45) is 0 Å². The molecule has 0 saturated carbocycles. The number of imidazole rings is 1. The number of hydrogen-bond acceptors (Lipinski definition) is 2. The van der Waals surface area contributed by atoms with Crippen molar-refractivity contribution >= 4 is 22.6 Å². The minimum atomic E-state index is 0.578. The van der Waals surface area contributed by atoms with Crippen LogP contribution in [-0.4, -0.2) is 15.7 Å². The van der Waals surface area contributed by atoms with Crippen LogP contribution in [0.5, 0.6) is 5.75 Å². The second kappa shape index (κ2) is 8.95. The van der Waals surface area contributed by atoms with E-state index < -0.39 is 0 Å². The Morgan fingerprint density at radius 2 is 1.50 bits per heavy atom. The number of rotatable bonds is 9. The zero-order valence-corrected chi connectivity index (χ0v) is 16.0. The number of para-hydroxylation sites is 2. The van der Waals surface area contributed by atoms with Crippen LogP contribution in [0.25, 0.3) is 11.0 Å². The van der Waals surface area contributed by atoms with Crippen molar-refractivity contribution in [2.75, 3.05) is 6.61 Å². The van der Waals surface area contributed by atoms with Crippen LogP contribution in [0, 0.1) is 5.41 Å². The smallest absolute Gasteiger partial charge is 0.202 e. The molecule has 2 aromatic carbocycles. The summed E-state index contributed by atoms with van der Waals surface area (Å²) in [7, 11) is 0. The molecule has 1 N–H and O–H groups in total. The maximum absolute atomic E-state index is 8.60. The summed E-state index contributed by atoms with van der Waals surface area (Å²) in [6.45, 7) is 4.49. The van der Waals surface area contributed by atoms with E-state index in [1.165, 1.54) is 12.8 Å². The SMILES string of the molecule is CCCCCn1c(=N)n(CCCOc2ccc(Cl)cc2)c2ccccc21. The summed E-state index contributed by atoms with van der Waals surface area (Å²) in [5.74, 6) is 0.826. The number of aromatic nitrogens is 2. The molecule has 1 heterocycles. The van der Waals surface area contributed by atoms with Gasteiger partial charge in [-0.2, -0.15) is 0 Å². The molecule has 1 aromatic heterocycles. The van der Waals surface area contributed by atoms with Gasteiger partial charge in [0.15, 0.2) is 0 Å². The first-order chi connectivity index (χ1) is 12.7. The average Bonchev–Trinajstić information content (AvgIpc) is 2.92. The predicted molar refractivity (Wildman–Crippen MR) is 107 cm³/mol. The normalized spacial score (nSPS) is 11.2. The molecule has 0 atom stereocenters. The Hall–Kier alpha value is -2.20. The molecule has 0 aliphatic rings. The van der Waals surface area contributed by atoms with Gasteiger partial charge in [0, 0.05) is 18.1 Å². The van der Waals surface area contributed by atoms with E-state index in [0.717, 1.165) is 42.7 Å². The number of nitrogens with one attached hydrogen (secondary N) is 1. The quantitative estimate of drug-likeness (QED) is 0.514. The van der Waals surface area contributed by atoms with Gasteiger partial charge in [-0.1, -0.05) is 43.5 Å². The lowest BCUT2D eigenvalue weighted by Crippen LogP contribution is -2.25. The van der Waals surface area contributed by atoms with Crippen molar-refractivity contribution in [3.8, 4) is 5.75 Å². The molecule has 3 aromatic rings. The summed E-state index contributed by atoms with van der Waals surface area (Å²) in [4.78, 5) is 0. The number of halogens is 1. The average molecular weight is 372 g/mol. The summed E-state index contributed by atoms with van der Waals surface area (Å²) in [5.41, 5.74) is 2.85. The van der Waals surface area contributed by atoms with Crippen molar-refractivity contribution in [3.05, 3.63) is 59.2 Å². The van der Waals surface area contributed by atoms with Gasteiger partial charge >= 0.3 is 0 Å². The Bertz CT molecular complexity index is 896. The van der Waals surface area contributed by atoms with E-state index in [1.54, 1.807) is 0 Å². The maximum Gasteiger partial charge on any atom is 0.202 e. The minimum Gasteiger partial charge on any atom is -0.494 e. The van der Waals surface area contributed by atoms with Gasteiger partial charge in [0.2, 0.25) is 5.62 Å². The van der Waals surface area contributed by atoms with Crippen molar-refractivity contribution in [1.82, 2.24) is 9.13 Å². The standard InChI is InChI=1S/C21H26ClN3O/c1-2-3-6-14-24-19-8-4-5-9-20(19)25(21(24)23)15-7-16-26-18-12-10-17(22)11-13-18/h4-5,8-13,23H,2-3,6-7,14-16H2,1H3. The van der Waals surface area contributed by atoms with Crippen LogP contribution in [0.4, 0.5) is 0 Å². The molecule has 3 rings (SSSR count). The van der Waals surface area contributed by atoms with Gasteiger partial charge in [-0.15, -0.1) is 0 Å². The largest absolute Gasteiger partial charge is 0.494 e. The number of fused-ring (bicyclic) bond motifs is 1. The highest BCUT2D eigenvalue weighted by Gasteiger charge is 2.10. The minimum absolute atomic E-state index is 0.578. The zero-order chi connectivity index (χ0) is 18.4. The van der Waals surface area contributed by atoms with E-state index in [1.807, 2.05) is 36.4 Å². The van der Waals surface area contributed by atoms with Crippen LogP contribution in [0.1, 0.15) is 32.6 Å². The van der Waals surface area contributed by atoms with Crippen molar-refractivity contribution < 1.29 is 4.74 Å². The molecule has 26 heavy (non-hydrogen) atoms. The second-order valence-electron chi connectivity index (χ2n) is 6.48. The number of benzene rings is 2. The van der Waals surface area contributed by atoms with Gasteiger partial charge in [0.05, 0.1) is 17.6 Å². The Labute approximate surface area is 159 Å². The van der Waals surface area contributed by atoms with E-state index in [2.05, 4.69) is 28.2 Å². The molecule has 0 aliphatic carbocycles. The highest BCUT2D eigenvalue weighted by atomic mass is 35.5. The molecule has 138 valence electrons. The lowest BCUT2D eigenvalue weighted by Gasteiger charge is -2.08. The van der Waals surface area contributed by atoms with Crippen LogP contribution in [-0.2, 0) is 13.1 Å². The van der Waals surface area contributed by atoms with Gasteiger partial charge < -0.3 is 13.9 Å². The topological polar surface area (TPSA) is 42.9 Å². The monoisotopic (exact) mass is 371 g/mol. The number of hydrogen-bond donors (Lipinski definition) is 1. The molecule has 0 saturated heterocycles.